The number of ether oxygens (including phenoxy) is 1. The number of fused-ring (bicyclic) bond motifs is 1. The third-order valence-corrected chi connectivity index (χ3v) is 5.28. The standard InChI is InChI=1S/C21H20F3N3O3/c22-21(23,24)13-5-6-16(17(28)11-13)18-14-3-1-2-4-15(14)19(27-26-18)25-12-20(29)7-9-30-10-8-20/h1-6,11,28-29H,7-10,12H2,(H,25,27). The summed E-state index contributed by atoms with van der Waals surface area (Å²) in [4.78, 5) is 0. The SMILES string of the molecule is Oc1cc(C(F)(F)F)ccc1-c1nnc(NCC2(O)CCOCC2)c2ccccc12. The molecule has 158 valence electrons. The first kappa shape index (κ1) is 20.4. The molecular weight excluding hydrogens is 399 g/mol. The third kappa shape index (κ3) is 4.03. The topological polar surface area (TPSA) is 87.5 Å². The van der Waals surface area contributed by atoms with Crippen LogP contribution in [0.5, 0.6) is 5.75 Å². The van der Waals surface area contributed by atoms with E-state index in [9.17, 15) is 23.4 Å². The number of alkyl halides is 3. The molecule has 4 rings (SSSR count). The molecular formula is C21H20F3N3O3. The number of phenols is 1. The van der Waals surface area contributed by atoms with Gasteiger partial charge in [-0.05, 0) is 18.2 Å². The smallest absolute Gasteiger partial charge is 0.416 e. The summed E-state index contributed by atoms with van der Waals surface area (Å²) >= 11 is 0. The summed E-state index contributed by atoms with van der Waals surface area (Å²) in [7, 11) is 0. The lowest BCUT2D eigenvalue weighted by molar-refractivity contribution is -0.137. The van der Waals surface area contributed by atoms with Crippen molar-refractivity contribution in [3.05, 3.63) is 48.0 Å². The third-order valence-electron chi connectivity index (χ3n) is 5.28. The quantitative estimate of drug-likeness (QED) is 0.593. The van der Waals surface area contributed by atoms with Crippen LogP contribution in [0.2, 0.25) is 0 Å². The minimum Gasteiger partial charge on any atom is -0.507 e. The average Bonchev–Trinajstić information content (AvgIpc) is 2.72. The Bertz CT molecular complexity index is 1070. The molecule has 0 saturated carbocycles. The number of nitrogens with one attached hydrogen (secondary N) is 1. The Kier molecular flexibility index (Phi) is 5.25. The molecule has 1 aliphatic rings. The molecule has 0 bridgehead atoms. The number of aromatic hydroxyl groups is 1. The molecule has 0 atom stereocenters. The normalized spacial score (nSPS) is 16.5. The second kappa shape index (κ2) is 7.73. The second-order valence-electron chi connectivity index (χ2n) is 7.36. The molecule has 0 radical (unpaired) electrons. The Hall–Kier alpha value is -2.91. The van der Waals surface area contributed by atoms with Crippen LogP contribution < -0.4 is 5.32 Å². The molecule has 3 aromatic rings. The molecule has 1 fully saturated rings. The molecule has 0 aliphatic carbocycles. The van der Waals surface area contributed by atoms with Gasteiger partial charge in [-0.2, -0.15) is 13.2 Å². The summed E-state index contributed by atoms with van der Waals surface area (Å²) in [6.45, 7) is 1.23. The van der Waals surface area contributed by atoms with Gasteiger partial charge in [-0.1, -0.05) is 24.3 Å². The lowest BCUT2D eigenvalue weighted by Crippen LogP contribution is -2.42. The van der Waals surface area contributed by atoms with E-state index >= 15 is 0 Å². The zero-order valence-electron chi connectivity index (χ0n) is 15.9. The molecule has 3 N–H and O–H groups in total. The van der Waals surface area contributed by atoms with E-state index in [1.54, 1.807) is 24.3 Å². The Labute approximate surface area is 170 Å². The van der Waals surface area contributed by atoms with Gasteiger partial charge in [0, 0.05) is 48.9 Å². The summed E-state index contributed by atoms with van der Waals surface area (Å²) in [5, 5.41) is 33.6. The fraction of sp³-hybridized carbons (Fsp3) is 0.333. The maximum Gasteiger partial charge on any atom is 0.416 e. The van der Waals surface area contributed by atoms with Crippen LogP contribution in [0.25, 0.3) is 22.0 Å². The highest BCUT2D eigenvalue weighted by atomic mass is 19.4. The van der Waals surface area contributed by atoms with Crippen molar-refractivity contribution in [1.82, 2.24) is 10.2 Å². The van der Waals surface area contributed by atoms with Crippen molar-refractivity contribution in [2.24, 2.45) is 0 Å². The molecule has 30 heavy (non-hydrogen) atoms. The first-order valence-electron chi connectivity index (χ1n) is 9.47. The van der Waals surface area contributed by atoms with Gasteiger partial charge in [0.05, 0.1) is 11.2 Å². The van der Waals surface area contributed by atoms with E-state index in [-0.39, 0.29) is 17.8 Å². The minimum atomic E-state index is -4.55. The van der Waals surface area contributed by atoms with Crippen molar-refractivity contribution in [3.63, 3.8) is 0 Å². The van der Waals surface area contributed by atoms with Crippen LogP contribution in [-0.4, -0.2) is 45.8 Å². The van der Waals surface area contributed by atoms with Crippen molar-refractivity contribution in [2.75, 3.05) is 25.1 Å². The van der Waals surface area contributed by atoms with E-state index in [1.165, 1.54) is 6.07 Å². The van der Waals surface area contributed by atoms with Crippen molar-refractivity contribution < 1.29 is 28.1 Å². The van der Waals surface area contributed by atoms with Gasteiger partial charge in [0.15, 0.2) is 5.82 Å². The second-order valence-corrected chi connectivity index (χ2v) is 7.36. The van der Waals surface area contributed by atoms with Crippen molar-refractivity contribution in [1.29, 1.82) is 0 Å². The van der Waals surface area contributed by atoms with Crippen LogP contribution in [0.4, 0.5) is 19.0 Å². The Balaban J connectivity index is 1.69. The number of aliphatic hydroxyl groups is 1. The number of nitrogens with zero attached hydrogens (tertiary/aromatic N) is 2. The molecule has 2 aromatic carbocycles. The number of aromatic nitrogens is 2. The lowest BCUT2D eigenvalue weighted by atomic mass is 9.94. The molecule has 6 nitrogen and oxygen atoms in total. The van der Waals surface area contributed by atoms with E-state index in [4.69, 9.17) is 4.74 Å². The van der Waals surface area contributed by atoms with Crippen LogP contribution in [0, 0.1) is 0 Å². The van der Waals surface area contributed by atoms with Crippen molar-refractivity contribution in [2.45, 2.75) is 24.6 Å². The predicted molar refractivity (Wildman–Crippen MR) is 105 cm³/mol. The van der Waals surface area contributed by atoms with Crippen LogP contribution in [0.3, 0.4) is 0 Å². The largest absolute Gasteiger partial charge is 0.507 e. The Morgan fingerprint density at radius 1 is 1.03 bits per heavy atom. The maximum atomic E-state index is 12.9. The minimum absolute atomic E-state index is 0.154. The van der Waals surface area contributed by atoms with Crippen LogP contribution in [0.15, 0.2) is 42.5 Å². The van der Waals surface area contributed by atoms with Crippen molar-refractivity contribution in [3.8, 4) is 17.0 Å². The van der Waals surface area contributed by atoms with Gasteiger partial charge in [-0.25, -0.2) is 0 Å². The molecule has 1 saturated heterocycles. The summed E-state index contributed by atoms with van der Waals surface area (Å²) in [6.07, 6.45) is -3.55. The molecule has 0 spiro atoms. The first-order chi connectivity index (χ1) is 14.3. The number of hydrogen-bond donors (Lipinski definition) is 3. The van der Waals surface area contributed by atoms with Gasteiger partial charge < -0.3 is 20.3 Å². The van der Waals surface area contributed by atoms with Crippen LogP contribution in [0.1, 0.15) is 18.4 Å². The van der Waals surface area contributed by atoms with Gasteiger partial charge in [0.25, 0.3) is 0 Å². The van der Waals surface area contributed by atoms with E-state index in [0.717, 1.165) is 6.07 Å². The van der Waals surface area contributed by atoms with E-state index in [0.29, 0.717) is 48.7 Å². The van der Waals surface area contributed by atoms with Crippen molar-refractivity contribution >= 4 is 16.6 Å². The highest BCUT2D eigenvalue weighted by molar-refractivity contribution is 6.00. The summed E-state index contributed by atoms with van der Waals surface area (Å²) < 4.78 is 44.0. The number of hydrogen-bond acceptors (Lipinski definition) is 6. The first-order valence-corrected chi connectivity index (χ1v) is 9.47. The van der Waals surface area contributed by atoms with Gasteiger partial charge in [-0.3, -0.25) is 0 Å². The zero-order valence-corrected chi connectivity index (χ0v) is 15.9. The highest BCUT2D eigenvalue weighted by Crippen LogP contribution is 2.38. The highest BCUT2D eigenvalue weighted by Gasteiger charge is 2.32. The fourth-order valence-corrected chi connectivity index (χ4v) is 3.52. The van der Waals surface area contributed by atoms with Gasteiger partial charge in [0.1, 0.15) is 11.4 Å². The summed E-state index contributed by atoms with van der Waals surface area (Å²) in [5.74, 6) is -0.0813. The number of phenolic OH excluding ortho intramolecular Hbond substituents is 1. The van der Waals surface area contributed by atoms with Gasteiger partial charge in [-0.15, -0.1) is 10.2 Å². The van der Waals surface area contributed by atoms with E-state index < -0.39 is 23.1 Å². The predicted octanol–water partition coefficient (Wildman–Crippen LogP) is 3.97. The van der Waals surface area contributed by atoms with Crippen LogP contribution in [-0.2, 0) is 10.9 Å². The van der Waals surface area contributed by atoms with E-state index in [1.807, 2.05) is 0 Å². The number of halogens is 3. The lowest BCUT2D eigenvalue weighted by Gasteiger charge is -2.32. The number of benzene rings is 2. The molecule has 9 heteroatoms. The molecule has 0 unspecified atom stereocenters. The summed E-state index contributed by atoms with van der Waals surface area (Å²) in [6, 6.07) is 9.89. The Morgan fingerprint density at radius 3 is 2.40 bits per heavy atom. The Morgan fingerprint density at radius 2 is 1.73 bits per heavy atom. The average molecular weight is 419 g/mol. The number of rotatable bonds is 4. The molecule has 0 amide bonds. The molecule has 1 aliphatic heterocycles. The van der Waals surface area contributed by atoms with E-state index in [2.05, 4.69) is 15.5 Å². The molecule has 1 aromatic heterocycles. The molecule has 2 heterocycles. The maximum absolute atomic E-state index is 12.9. The number of anilines is 1. The van der Waals surface area contributed by atoms with Gasteiger partial charge in [0.2, 0.25) is 0 Å². The summed E-state index contributed by atoms with van der Waals surface area (Å²) in [5.41, 5.74) is -1.43. The fourth-order valence-electron chi connectivity index (χ4n) is 3.52. The monoisotopic (exact) mass is 419 g/mol. The van der Waals surface area contributed by atoms with Gasteiger partial charge >= 0.3 is 6.18 Å². The van der Waals surface area contributed by atoms with Crippen LogP contribution >= 0.6 is 0 Å². The zero-order chi connectivity index (χ0) is 21.4.